The molecule has 0 aliphatic heterocycles. The van der Waals surface area contributed by atoms with Gasteiger partial charge in [0.25, 0.3) is 0 Å². The highest BCUT2D eigenvalue weighted by molar-refractivity contribution is 7.99. The number of nitrogens with zero attached hydrogens (tertiary/aromatic N) is 3. The van der Waals surface area contributed by atoms with Crippen LogP contribution in [-0.2, 0) is 11.3 Å². The van der Waals surface area contributed by atoms with Crippen molar-refractivity contribution in [1.82, 2.24) is 15.0 Å². The van der Waals surface area contributed by atoms with Crippen molar-refractivity contribution in [3.8, 4) is 17.0 Å². The fourth-order valence-electron chi connectivity index (χ4n) is 3.06. The molecule has 15 heteroatoms. The topological polar surface area (TPSA) is 110 Å². The Bertz CT molecular complexity index is 1170. The van der Waals surface area contributed by atoms with Crippen LogP contribution >= 0.6 is 11.8 Å². The van der Waals surface area contributed by atoms with E-state index in [0.29, 0.717) is 0 Å². The minimum atomic E-state index is -4.92. The molecule has 0 aliphatic rings. The normalized spacial score (nSPS) is 15.3. The summed E-state index contributed by atoms with van der Waals surface area (Å²) in [7, 11) is 0. The number of benzene rings is 2. The number of hydrogen-bond acceptors (Lipinski definition) is 8. The number of thioether (sulfide) groups is 1. The van der Waals surface area contributed by atoms with Crippen LogP contribution < -0.4 is 4.74 Å². The fraction of sp³-hybridized carbons (Fsp3) is 0.364. The van der Waals surface area contributed by atoms with Gasteiger partial charge in [0.1, 0.15) is 29.1 Å². The first-order valence-corrected chi connectivity index (χ1v) is 11.4. The summed E-state index contributed by atoms with van der Waals surface area (Å²) in [5.74, 6) is -5.02. The Balaban J connectivity index is 1.81. The molecule has 3 rings (SSSR count). The van der Waals surface area contributed by atoms with Crippen LogP contribution in [0.2, 0.25) is 0 Å². The largest absolute Gasteiger partial charge is 0.573 e. The van der Waals surface area contributed by atoms with Gasteiger partial charge in [0, 0.05) is 10.5 Å². The zero-order valence-electron chi connectivity index (χ0n) is 18.9. The zero-order chi connectivity index (χ0) is 27.3. The molecule has 4 atom stereocenters. The van der Waals surface area contributed by atoms with Crippen molar-refractivity contribution in [2.24, 2.45) is 0 Å². The Hall–Kier alpha value is -2.85. The molecule has 0 saturated carbocycles. The van der Waals surface area contributed by atoms with Crippen molar-refractivity contribution in [2.45, 2.75) is 48.5 Å². The van der Waals surface area contributed by atoms with Crippen LogP contribution in [0.15, 0.2) is 47.5 Å². The van der Waals surface area contributed by atoms with Crippen molar-refractivity contribution in [3.63, 3.8) is 0 Å². The standard InChI is InChI=1S/C22H21F6N3O5S/c1-11(33)19(10-32)35-21(37-14-4-2-3-13(7-14)36-22(26,27)28)18(34)9-31-8-17(29-30-31)12-5-15(23)20(25)16(24)6-12/h2-8,11,18-19,21,32-34H,9-10H2,1H3/t11-,18+,19?,21?/m1/s1. The molecule has 0 bridgehead atoms. The summed E-state index contributed by atoms with van der Waals surface area (Å²) in [6.45, 7) is 0.374. The lowest BCUT2D eigenvalue weighted by atomic mass is 10.1. The molecule has 0 radical (unpaired) electrons. The summed E-state index contributed by atoms with van der Waals surface area (Å²) < 4.78 is 88.7. The average Bonchev–Trinajstić information content (AvgIpc) is 3.27. The molecule has 2 aromatic carbocycles. The minimum Gasteiger partial charge on any atom is -0.406 e. The van der Waals surface area contributed by atoms with Gasteiger partial charge in [-0.3, -0.25) is 0 Å². The lowest BCUT2D eigenvalue weighted by molar-refractivity contribution is -0.274. The number of halogens is 6. The summed E-state index contributed by atoms with van der Waals surface area (Å²) in [5.41, 5.74) is -1.40. The number of aliphatic hydroxyl groups excluding tert-OH is 3. The lowest BCUT2D eigenvalue weighted by Crippen LogP contribution is -2.39. The Labute approximate surface area is 210 Å². The Morgan fingerprint density at radius 1 is 1.08 bits per heavy atom. The number of ether oxygens (including phenoxy) is 2. The molecule has 0 fully saturated rings. The van der Waals surface area contributed by atoms with Gasteiger partial charge in [-0.1, -0.05) is 23.0 Å². The van der Waals surface area contributed by atoms with Crippen LogP contribution in [0.25, 0.3) is 11.3 Å². The van der Waals surface area contributed by atoms with Crippen molar-refractivity contribution >= 4 is 11.8 Å². The summed E-state index contributed by atoms with van der Waals surface area (Å²) in [6, 6.07) is 6.29. The van der Waals surface area contributed by atoms with Gasteiger partial charge in [-0.25, -0.2) is 17.9 Å². The number of alkyl halides is 3. The highest BCUT2D eigenvalue weighted by Gasteiger charge is 2.32. The Morgan fingerprint density at radius 2 is 1.76 bits per heavy atom. The number of hydrogen-bond donors (Lipinski definition) is 3. The first-order valence-electron chi connectivity index (χ1n) is 10.6. The first-order chi connectivity index (χ1) is 17.4. The predicted octanol–water partition coefficient (Wildman–Crippen LogP) is 3.50. The Morgan fingerprint density at radius 3 is 2.35 bits per heavy atom. The lowest BCUT2D eigenvalue weighted by Gasteiger charge is -2.28. The van der Waals surface area contributed by atoms with Crippen LogP contribution in [0.3, 0.4) is 0 Å². The average molecular weight is 553 g/mol. The van der Waals surface area contributed by atoms with E-state index in [-0.39, 0.29) is 22.7 Å². The molecule has 0 spiro atoms. The number of rotatable bonds is 11. The molecule has 202 valence electrons. The van der Waals surface area contributed by atoms with Crippen molar-refractivity contribution < 1.29 is 51.1 Å². The van der Waals surface area contributed by atoms with E-state index in [1.54, 1.807) is 0 Å². The molecule has 3 aromatic rings. The van der Waals surface area contributed by atoms with Crippen LogP contribution in [0, 0.1) is 17.5 Å². The van der Waals surface area contributed by atoms with E-state index in [1.807, 2.05) is 0 Å². The van der Waals surface area contributed by atoms with Crippen LogP contribution in [-0.4, -0.2) is 67.0 Å². The molecule has 8 nitrogen and oxygen atoms in total. The SMILES string of the molecule is C[C@@H](O)C(CO)OC(Sc1cccc(OC(F)(F)F)c1)[C@@H](O)Cn1cc(-c2cc(F)c(F)c(F)c2)nn1. The highest BCUT2D eigenvalue weighted by Crippen LogP contribution is 2.33. The third-order valence-electron chi connectivity index (χ3n) is 4.82. The molecule has 2 unspecified atom stereocenters. The van der Waals surface area contributed by atoms with Gasteiger partial charge < -0.3 is 24.8 Å². The zero-order valence-corrected chi connectivity index (χ0v) is 19.8. The number of aliphatic hydroxyl groups is 3. The van der Waals surface area contributed by atoms with Gasteiger partial charge >= 0.3 is 6.36 Å². The smallest absolute Gasteiger partial charge is 0.406 e. The van der Waals surface area contributed by atoms with E-state index >= 15 is 0 Å². The second kappa shape index (κ2) is 12.1. The maximum Gasteiger partial charge on any atom is 0.573 e. The van der Waals surface area contributed by atoms with Gasteiger partial charge in [0.05, 0.1) is 25.5 Å². The van der Waals surface area contributed by atoms with Gasteiger partial charge in [-0.15, -0.1) is 18.3 Å². The van der Waals surface area contributed by atoms with Gasteiger partial charge in [-0.2, -0.15) is 0 Å². The Kier molecular flexibility index (Phi) is 9.41. The second-order valence-electron chi connectivity index (χ2n) is 7.75. The second-order valence-corrected chi connectivity index (χ2v) is 8.93. The van der Waals surface area contributed by atoms with E-state index in [9.17, 15) is 41.7 Å². The van der Waals surface area contributed by atoms with Crippen molar-refractivity contribution in [2.75, 3.05) is 6.61 Å². The monoisotopic (exact) mass is 553 g/mol. The van der Waals surface area contributed by atoms with Crippen molar-refractivity contribution in [1.29, 1.82) is 0 Å². The molecule has 1 heterocycles. The van der Waals surface area contributed by atoms with Crippen molar-refractivity contribution in [3.05, 3.63) is 60.0 Å². The van der Waals surface area contributed by atoms with Crippen LogP contribution in [0.5, 0.6) is 5.75 Å². The molecule has 0 saturated heterocycles. The maximum atomic E-state index is 13.6. The van der Waals surface area contributed by atoms with E-state index in [0.717, 1.165) is 40.7 Å². The quantitative estimate of drug-likeness (QED) is 0.143. The van der Waals surface area contributed by atoms with E-state index in [2.05, 4.69) is 15.0 Å². The molecule has 0 aliphatic carbocycles. The molecular formula is C22H21F6N3O5S. The molecule has 3 N–H and O–H groups in total. The highest BCUT2D eigenvalue weighted by atomic mass is 32.2. The van der Waals surface area contributed by atoms with E-state index in [1.165, 1.54) is 25.3 Å². The summed E-state index contributed by atoms with van der Waals surface area (Å²) in [4.78, 5) is 0.199. The van der Waals surface area contributed by atoms with Gasteiger partial charge in [0.15, 0.2) is 17.5 Å². The third-order valence-corrected chi connectivity index (χ3v) is 6.01. The predicted molar refractivity (Wildman–Crippen MR) is 118 cm³/mol. The molecule has 37 heavy (non-hydrogen) atoms. The summed E-state index contributed by atoms with van der Waals surface area (Å²) in [6.07, 6.45) is -7.47. The van der Waals surface area contributed by atoms with Crippen LogP contribution in [0.4, 0.5) is 26.3 Å². The summed E-state index contributed by atoms with van der Waals surface area (Å²) >= 11 is 0.782. The van der Waals surface area contributed by atoms with Gasteiger partial charge in [-0.05, 0) is 37.3 Å². The van der Waals surface area contributed by atoms with E-state index in [4.69, 9.17) is 4.74 Å². The third kappa shape index (κ3) is 8.07. The fourth-order valence-corrected chi connectivity index (χ4v) is 4.11. The minimum absolute atomic E-state index is 0.0377. The molecule has 0 amide bonds. The van der Waals surface area contributed by atoms with Gasteiger partial charge in [0.2, 0.25) is 0 Å². The molecule has 1 aromatic heterocycles. The summed E-state index contributed by atoms with van der Waals surface area (Å²) in [5, 5.41) is 37.7. The molecular weight excluding hydrogens is 532 g/mol. The number of aromatic nitrogens is 3. The van der Waals surface area contributed by atoms with E-state index < -0.39 is 59.9 Å². The first kappa shape index (κ1) is 28.7. The van der Waals surface area contributed by atoms with Crippen LogP contribution in [0.1, 0.15) is 6.92 Å². The maximum absolute atomic E-state index is 13.6.